The molecule has 3 aromatic carbocycles. The van der Waals surface area contributed by atoms with Gasteiger partial charge in [0.25, 0.3) is 5.91 Å². The van der Waals surface area contributed by atoms with Gasteiger partial charge in [-0.1, -0.05) is 48.2 Å². The molecule has 4 aromatic rings. The molecule has 4 rings (SSSR count). The van der Waals surface area contributed by atoms with E-state index in [1.54, 1.807) is 43.0 Å². The van der Waals surface area contributed by atoms with E-state index in [0.717, 1.165) is 15.4 Å². The predicted molar refractivity (Wildman–Crippen MR) is 126 cm³/mol. The molecule has 166 valence electrons. The second kappa shape index (κ2) is 10.1. The molecule has 0 aliphatic carbocycles. The van der Waals surface area contributed by atoms with Gasteiger partial charge in [0.15, 0.2) is 11.5 Å². The molecule has 0 unspecified atom stereocenters. The van der Waals surface area contributed by atoms with E-state index in [1.165, 1.54) is 6.07 Å². The Morgan fingerprint density at radius 2 is 1.79 bits per heavy atom. The maximum absolute atomic E-state index is 12.7. The van der Waals surface area contributed by atoms with E-state index >= 15 is 0 Å². The van der Waals surface area contributed by atoms with Crippen molar-refractivity contribution < 1.29 is 18.9 Å². The number of hydrogen-bond donors (Lipinski definition) is 1. The average Bonchev–Trinajstić information content (AvgIpc) is 3.29. The zero-order valence-corrected chi connectivity index (χ0v) is 18.5. The van der Waals surface area contributed by atoms with Gasteiger partial charge in [-0.3, -0.25) is 14.9 Å². The van der Waals surface area contributed by atoms with Crippen molar-refractivity contribution >= 4 is 29.0 Å². The summed E-state index contributed by atoms with van der Waals surface area (Å²) in [7, 11) is 0. The molecule has 0 fully saturated rings. The Labute approximate surface area is 194 Å². The number of carbonyl (C=O) groups is 1. The zero-order chi connectivity index (χ0) is 23.2. The Hall–Kier alpha value is -4.04. The van der Waals surface area contributed by atoms with Crippen LogP contribution in [0.3, 0.4) is 0 Å². The lowest BCUT2D eigenvalue weighted by Crippen LogP contribution is -2.11. The van der Waals surface area contributed by atoms with Gasteiger partial charge in [0.05, 0.1) is 10.6 Å². The van der Waals surface area contributed by atoms with Crippen molar-refractivity contribution in [2.24, 2.45) is 0 Å². The molecule has 1 aromatic heterocycles. The molecule has 7 nitrogen and oxygen atoms in total. The summed E-state index contributed by atoms with van der Waals surface area (Å²) in [5.41, 5.74) is 1.31. The third kappa shape index (κ3) is 5.61. The van der Waals surface area contributed by atoms with Crippen LogP contribution in [0.25, 0.3) is 0 Å². The van der Waals surface area contributed by atoms with Crippen molar-refractivity contribution in [2.75, 3.05) is 5.32 Å². The van der Waals surface area contributed by atoms with Crippen LogP contribution in [0.15, 0.2) is 99.1 Å². The van der Waals surface area contributed by atoms with E-state index in [4.69, 9.17) is 9.15 Å². The van der Waals surface area contributed by atoms with Crippen LogP contribution in [0.1, 0.15) is 21.9 Å². The van der Waals surface area contributed by atoms with Crippen molar-refractivity contribution in [1.82, 2.24) is 0 Å². The van der Waals surface area contributed by atoms with Gasteiger partial charge in [-0.15, -0.1) is 0 Å². The fourth-order valence-corrected chi connectivity index (χ4v) is 4.00. The maximum Gasteiger partial charge on any atom is 0.311 e. The summed E-state index contributed by atoms with van der Waals surface area (Å²) in [5.74, 6) is 0.233. The molecule has 0 aliphatic rings. The third-order valence-corrected chi connectivity index (χ3v) is 5.76. The number of amides is 1. The Morgan fingerprint density at radius 3 is 2.58 bits per heavy atom. The number of carbonyl (C=O) groups excluding carboxylic acids is 1. The molecule has 0 atom stereocenters. The lowest BCUT2D eigenvalue weighted by atomic mass is 10.2. The SMILES string of the molecule is Cc1ccc(OCc2ccc(C(=O)Nc3ccccc3Sc3ccccc3)o2)c([N+](=O)[O-])c1. The van der Waals surface area contributed by atoms with Crippen molar-refractivity contribution in [3.05, 3.63) is 112 Å². The maximum atomic E-state index is 12.7. The first-order valence-corrected chi connectivity index (χ1v) is 10.9. The number of hydrogen-bond acceptors (Lipinski definition) is 6. The van der Waals surface area contributed by atoms with Crippen LogP contribution in [0, 0.1) is 17.0 Å². The van der Waals surface area contributed by atoms with Gasteiger partial charge in [0.1, 0.15) is 12.4 Å². The number of anilines is 1. The van der Waals surface area contributed by atoms with Gasteiger partial charge in [-0.25, -0.2) is 0 Å². The van der Waals surface area contributed by atoms with Crippen LogP contribution in [0.2, 0.25) is 0 Å². The Bertz CT molecular complexity index is 1290. The van der Waals surface area contributed by atoms with Crippen molar-refractivity contribution in [1.29, 1.82) is 0 Å². The second-order valence-electron chi connectivity index (χ2n) is 7.15. The Balaban J connectivity index is 1.43. The number of para-hydroxylation sites is 1. The third-order valence-electron chi connectivity index (χ3n) is 4.67. The molecule has 0 bridgehead atoms. The van der Waals surface area contributed by atoms with Gasteiger partial charge in [0.2, 0.25) is 0 Å². The molecule has 0 spiro atoms. The van der Waals surface area contributed by atoms with Crippen LogP contribution in [0.5, 0.6) is 5.75 Å². The largest absolute Gasteiger partial charge is 0.479 e. The number of nitrogens with one attached hydrogen (secondary N) is 1. The molecule has 33 heavy (non-hydrogen) atoms. The van der Waals surface area contributed by atoms with E-state index in [-0.39, 0.29) is 23.8 Å². The molecule has 8 heteroatoms. The number of benzene rings is 3. The first-order chi connectivity index (χ1) is 16.0. The summed E-state index contributed by atoms with van der Waals surface area (Å²) in [6, 6.07) is 25.3. The van der Waals surface area contributed by atoms with E-state index in [0.29, 0.717) is 11.4 Å². The zero-order valence-electron chi connectivity index (χ0n) is 17.7. The van der Waals surface area contributed by atoms with Crippen LogP contribution in [0.4, 0.5) is 11.4 Å². The molecule has 0 radical (unpaired) electrons. The van der Waals surface area contributed by atoms with Crippen molar-refractivity contribution in [3.8, 4) is 5.75 Å². The van der Waals surface area contributed by atoms with Crippen LogP contribution < -0.4 is 10.1 Å². The Morgan fingerprint density at radius 1 is 1.03 bits per heavy atom. The van der Waals surface area contributed by atoms with Crippen molar-refractivity contribution in [2.45, 2.75) is 23.3 Å². The van der Waals surface area contributed by atoms with E-state index in [2.05, 4.69) is 5.32 Å². The van der Waals surface area contributed by atoms with Gasteiger partial charge in [-0.2, -0.15) is 0 Å². The summed E-state index contributed by atoms with van der Waals surface area (Å²) in [6.45, 7) is 1.72. The number of nitro groups is 1. The molecule has 0 saturated carbocycles. The molecule has 1 N–H and O–H groups in total. The minimum atomic E-state index is -0.492. The molecule has 1 heterocycles. The van der Waals surface area contributed by atoms with Crippen LogP contribution in [-0.4, -0.2) is 10.8 Å². The molecule has 0 saturated heterocycles. The van der Waals surface area contributed by atoms with Crippen LogP contribution >= 0.6 is 11.8 Å². The van der Waals surface area contributed by atoms with Gasteiger partial charge >= 0.3 is 5.69 Å². The predicted octanol–water partition coefficient (Wildman–Crippen LogP) is 6.48. The summed E-state index contributed by atoms with van der Waals surface area (Å²) in [6.07, 6.45) is 0. The second-order valence-corrected chi connectivity index (χ2v) is 8.26. The van der Waals surface area contributed by atoms with E-state index < -0.39 is 10.8 Å². The quantitative estimate of drug-likeness (QED) is 0.239. The van der Waals surface area contributed by atoms with Crippen LogP contribution in [-0.2, 0) is 6.61 Å². The van der Waals surface area contributed by atoms with Crippen molar-refractivity contribution in [3.63, 3.8) is 0 Å². The smallest absolute Gasteiger partial charge is 0.311 e. The molecule has 1 amide bonds. The topological polar surface area (TPSA) is 94.6 Å². The fourth-order valence-electron chi connectivity index (χ4n) is 3.08. The monoisotopic (exact) mass is 460 g/mol. The normalized spacial score (nSPS) is 10.6. The summed E-state index contributed by atoms with van der Waals surface area (Å²) < 4.78 is 11.2. The van der Waals surface area contributed by atoms with Gasteiger partial charge in [-0.05, 0) is 55.0 Å². The molecule has 0 aliphatic heterocycles. The lowest BCUT2D eigenvalue weighted by molar-refractivity contribution is -0.386. The fraction of sp³-hybridized carbons (Fsp3) is 0.0800. The highest BCUT2D eigenvalue weighted by atomic mass is 32.2. The van der Waals surface area contributed by atoms with Gasteiger partial charge < -0.3 is 14.5 Å². The first-order valence-electron chi connectivity index (χ1n) is 10.1. The molecular weight excluding hydrogens is 440 g/mol. The number of aryl methyl sites for hydroxylation is 1. The first kappa shape index (κ1) is 22.2. The number of ether oxygens (including phenoxy) is 1. The van der Waals surface area contributed by atoms with E-state index in [1.807, 2.05) is 54.6 Å². The molecular formula is C25H20N2O5S. The number of nitrogens with zero attached hydrogens (tertiary/aromatic N) is 1. The minimum Gasteiger partial charge on any atom is -0.479 e. The summed E-state index contributed by atoms with van der Waals surface area (Å²) >= 11 is 1.55. The van der Waals surface area contributed by atoms with E-state index in [9.17, 15) is 14.9 Å². The van der Waals surface area contributed by atoms with Gasteiger partial charge in [0, 0.05) is 15.9 Å². The number of rotatable bonds is 8. The standard InChI is InChI=1S/C25H20N2O5S/c1-17-11-13-22(21(15-17)27(29)30)31-16-18-12-14-23(32-18)25(28)26-20-9-5-6-10-24(20)33-19-7-3-2-4-8-19/h2-15H,16H2,1H3,(H,26,28). The average molecular weight is 461 g/mol. The number of furan rings is 1. The number of nitro benzene ring substituents is 1. The highest BCUT2D eigenvalue weighted by molar-refractivity contribution is 7.99. The minimum absolute atomic E-state index is 0.0440. The summed E-state index contributed by atoms with van der Waals surface area (Å²) in [5, 5.41) is 14.1. The Kier molecular flexibility index (Phi) is 6.75. The summed E-state index contributed by atoms with van der Waals surface area (Å²) in [4.78, 5) is 25.5. The highest BCUT2D eigenvalue weighted by Gasteiger charge is 2.17. The lowest BCUT2D eigenvalue weighted by Gasteiger charge is -2.10. The highest BCUT2D eigenvalue weighted by Crippen LogP contribution is 2.33.